The van der Waals surface area contributed by atoms with Crippen LogP contribution in [0.5, 0.6) is 0 Å². The van der Waals surface area contributed by atoms with Gasteiger partial charge in [-0.05, 0) is 17.7 Å². The Balaban J connectivity index is 3.06. The van der Waals surface area contributed by atoms with Crippen molar-refractivity contribution < 1.29 is 5.11 Å². The van der Waals surface area contributed by atoms with Crippen molar-refractivity contribution in [2.75, 3.05) is 23.8 Å². The Kier molecular flexibility index (Phi) is 2.76. The summed E-state index contributed by atoms with van der Waals surface area (Å²) in [5.74, 6) is 0. The molecule has 0 aliphatic carbocycles. The number of aliphatic hydroxyl groups is 1. The number of benzene rings is 1. The maximum Gasteiger partial charge on any atom is 0.0781 e. The van der Waals surface area contributed by atoms with Gasteiger partial charge in [-0.15, -0.1) is 0 Å². The molecule has 0 aliphatic rings. The molecule has 0 aromatic heterocycles. The Morgan fingerprint density at radius 2 is 1.69 bits per heavy atom. The molecule has 1 rings (SSSR count). The molecule has 0 bridgehead atoms. The van der Waals surface area contributed by atoms with Crippen molar-refractivity contribution in [3.05, 3.63) is 23.8 Å². The minimum Gasteiger partial charge on any atom is -0.397 e. The second kappa shape index (κ2) is 3.82. The van der Waals surface area contributed by atoms with Gasteiger partial charge in [0.15, 0.2) is 0 Å². The molecule has 4 nitrogen and oxygen atoms in total. The molecule has 7 N–H and O–H groups in total. The van der Waals surface area contributed by atoms with Gasteiger partial charge in [-0.2, -0.15) is 0 Å². The van der Waals surface area contributed by atoms with Crippen LogP contribution in [0.25, 0.3) is 6.08 Å². The van der Waals surface area contributed by atoms with Crippen LogP contribution >= 0.6 is 0 Å². The molecule has 0 unspecified atom stereocenters. The number of nitrogens with two attached hydrogens (primary N) is 3. The third kappa shape index (κ3) is 2.13. The van der Waals surface area contributed by atoms with E-state index in [1.165, 1.54) is 0 Å². The molecular formula is C9H13N3O. The van der Waals surface area contributed by atoms with E-state index in [-0.39, 0.29) is 6.61 Å². The predicted octanol–water partition coefficient (Wildman–Crippen LogP) is 0.439. The topological polar surface area (TPSA) is 98.3 Å². The van der Waals surface area contributed by atoms with Crippen LogP contribution in [0, 0.1) is 0 Å². The van der Waals surface area contributed by atoms with Crippen LogP contribution in [0.4, 0.5) is 17.1 Å². The molecule has 0 spiro atoms. The lowest BCUT2D eigenvalue weighted by atomic mass is 10.1. The molecule has 0 radical (unpaired) electrons. The minimum atomic E-state index is -0.00974. The van der Waals surface area contributed by atoms with Crippen molar-refractivity contribution in [3.8, 4) is 0 Å². The first-order valence-electron chi connectivity index (χ1n) is 3.87. The Morgan fingerprint density at radius 1 is 1.15 bits per heavy atom. The maximum absolute atomic E-state index is 8.55. The molecule has 0 saturated heterocycles. The molecular weight excluding hydrogens is 166 g/mol. The van der Waals surface area contributed by atoms with E-state index in [2.05, 4.69) is 0 Å². The molecule has 13 heavy (non-hydrogen) atoms. The van der Waals surface area contributed by atoms with Gasteiger partial charge in [0.05, 0.1) is 23.7 Å². The molecule has 0 saturated carbocycles. The van der Waals surface area contributed by atoms with Gasteiger partial charge >= 0.3 is 0 Å². The van der Waals surface area contributed by atoms with Crippen LogP contribution in [0.15, 0.2) is 18.2 Å². The van der Waals surface area contributed by atoms with Gasteiger partial charge in [-0.25, -0.2) is 0 Å². The lowest BCUT2D eigenvalue weighted by Crippen LogP contribution is -2.00. The van der Waals surface area contributed by atoms with Crippen LogP contribution in [0.3, 0.4) is 0 Å². The SMILES string of the molecule is Nc1cc(C=CCO)cc(N)c1N. The number of hydrogen-bond acceptors (Lipinski definition) is 4. The van der Waals surface area contributed by atoms with E-state index in [1.807, 2.05) is 0 Å². The summed E-state index contributed by atoms with van der Waals surface area (Å²) in [5.41, 5.74) is 18.9. The molecule has 0 atom stereocenters. The number of nitrogen functional groups attached to an aromatic ring is 3. The summed E-state index contributed by atoms with van der Waals surface area (Å²) in [4.78, 5) is 0. The Bertz CT molecular complexity index is 311. The molecule has 1 aromatic rings. The van der Waals surface area contributed by atoms with Gasteiger partial charge in [0.25, 0.3) is 0 Å². The monoisotopic (exact) mass is 179 g/mol. The van der Waals surface area contributed by atoms with E-state index in [4.69, 9.17) is 22.3 Å². The predicted molar refractivity (Wildman–Crippen MR) is 55.8 cm³/mol. The van der Waals surface area contributed by atoms with E-state index < -0.39 is 0 Å². The van der Waals surface area contributed by atoms with E-state index in [9.17, 15) is 0 Å². The smallest absolute Gasteiger partial charge is 0.0781 e. The molecule has 4 heteroatoms. The van der Waals surface area contributed by atoms with Gasteiger partial charge in [-0.3, -0.25) is 0 Å². The molecule has 0 aliphatic heterocycles. The first-order valence-corrected chi connectivity index (χ1v) is 3.87. The molecule has 1 aromatic carbocycles. The largest absolute Gasteiger partial charge is 0.397 e. The molecule has 0 fully saturated rings. The van der Waals surface area contributed by atoms with Gasteiger partial charge < -0.3 is 22.3 Å². The molecule has 70 valence electrons. The highest BCUT2D eigenvalue weighted by atomic mass is 16.2. The zero-order chi connectivity index (χ0) is 9.84. The van der Waals surface area contributed by atoms with Crippen molar-refractivity contribution in [2.45, 2.75) is 0 Å². The van der Waals surface area contributed by atoms with Crippen LogP contribution in [0.1, 0.15) is 5.56 Å². The Morgan fingerprint density at radius 3 is 2.15 bits per heavy atom. The number of aliphatic hydroxyl groups excluding tert-OH is 1. The fraction of sp³-hybridized carbons (Fsp3) is 0.111. The van der Waals surface area contributed by atoms with Crippen LogP contribution in [-0.4, -0.2) is 11.7 Å². The quantitative estimate of drug-likeness (QED) is 0.495. The molecule has 0 heterocycles. The van der Waals surface area contributed by atoms with E-state index in [0.29, 0.717) is 17.1 Å². The first kappa shape index (κ1) is 9.41. The number of anilines is 3. The average molecular weight is 179 g/mol. The zero-order valence-corrected chi connectivity index (χ0v) is 7.20. The van der Waals surface area contributed by atoms with Crippen LogP contribution < -0.4 is 17.2 Å². The summed E-state index contributed by atoms with van der Waals surface area (Å²) in [5, 5.41) is 8.55. The number of rotatable bonds is 2. The summed E-state index contributed by atoms with van der Waals surface area (Å²) in [6.07, 6.45) is 3.33. The lowest BCUT2D eigenvalue weighted by Gasteiger charge is -2.05. The lowest BCUT2D eigenvalue weighted by molar-refractivity contribution is 0.343. The summed E-state index contributed by atoms with van der Waals surface area (Å²) in [6, 6.07) is 3.41. The van der Waals surface area contributed by atoms with E-state index in [0.717, 1.165) is 5.56 Å². The fourth-order valence-corrected chi connectivity index (χ4v) is 1.01. The third-order valence-electron chi connectivity index (χ3n) is 1.68. The number of hydrogen-bond donors (Lipinski definition) is 4. The van der Waals surface area contributed by atoms with Gasteiger partial charge in [-0.1, -0.05) is 12.2 Å². The minimum absolute atomic E-state index is 0.00974. The van der Waals surface area contributed by atoms with Gasteiger partial charge in [0, 0.05) is 0 Å². The highest BCUT2D eigenvalue weighted by Gasteiger charge is 2.00. The summed E-state index contributed by atoms with van der Waals surface area (Å²) >= 11 is 0. The highest BCUT2D eigenvalue weighted by molar-refractivity contribution is 5.80. The van der Waals surface area contributed by atoms with Gasteiger partial charge in [0.2, 0.25) is 0 Å². The van der Waals surface area contributed by atoms with E-state index in [1.54, 1.807) is 24.3 Å². The van der Waals surface area contributed by atoms with Crippen molar-refractivity contribution in [1.82, 2.24) is 0 Å². The standard InChI is InChI=1S/C9H13N3O/c10-7-4-6(2-1-3-13)5-8(11)9(7)12/h1-2,4-5,13H,3,10-12H2. The Labute approximate surface area is 76.7 Å². The van der Waals surface area contributed by atoms with Crippen molar-refractivity contribution in [2.24, 2.45) is 0 Å². The summed E-state index contributed by atoms with van der Waals surface area (Å²) in [7, 11) is 0. The molecule has 0 amide bonds. The van der Waals surface area contributed by atoms with Crippen LogP contribution in [0.2, 0.25) is 0 Å². The van der Waals surface area contributed by atoms with Crippen molar-refractivity contribution in [1.29, 1.82) is 0 Å². The van der Waals surface area contributed by atoms with Crippen LogP contribution in [-0.2, 0) is 0 Å². The zero-order valence-electron chi connectivity index (χ0n) is 7.20. The Hall–Kier alpha value is -1.68. The summed E-state index contributed by atoms with van der Waals surface area (Å²) < 4.78 is 0. The highest BCUT2D eigenvalue weighted by Crippen LogP contribution is 2.24. The maximum atomic E-state index is 8.55. The average Bonchev–Trinajstić information content (AvgIpc) is 2.10. The van der Waals surface area contributed by atoms with Crippen molar-refractivity contribution >= 4 is 23.1 Å². The van der Waals surface area contributed by atoms with E-state index >= 15 is 0 Å². The van der Waals surface area contributed by atoms with Crippen molar-refractivity contribution in [3.63, 3.8) is 0 Å². The first-order chi connectivity index (χ1) is 6.15. The summed E-state index contributed by atoms with van der Waals surface area (Å²) in [6.45, 7) is -0.00974. The third-order valence-corrected chi connectivity index (χ3v) is 1.68. The fourth-order valence-electron chi connectivity index (χ4n) is 1.01. The second-order valence-electron chi connectivity index (χ2n) is 2.70. The second-order valence-corrected chi connectivity index (χ2v) is 2.70. The van der Waals surface area contributed by atoms with Gasteiger partial charge in [0.1, 0.15) is 0 Å². The normalized spacial score (nSPS) is 10.8.